The minimum atomic E-state index is -0.264. The molecule has 2 N–H and O–H groups in total. The summed E-state index contributed by atoms with van der Waals surface area (Å²) in [6.07, 6.45) is 6.25. The van der Waals surface area contributed by atoms with Gasteiger partial charge < -0.3 is 15.4 Å². The van der Waals surface area contributed by atoms with Gasteiger partial charge in [0, 0.05) is 23.2 Å². The van der Waals surface area contributed by atoms with Gasteiger partial charge in [-0.05, 0) is 71.2 Å². The molecule has 0 radical (unpaired) electrons. The second-order valence-corrected chi connectivity index (χ2v) is 8.49. The summed E-state index contributed by atoms with van der Waals surface area (Å²) in [6.45, 7) is 9.15. The molecule has 0 saturated heterocycles. The lowest BCUT2D eigenvalue weighted by Crippen LogP contribution is -2.31. The SMILES string of the molecule is CCOC(=O)c1c(NC(=S)NC(C)c2cn(CC)nc2C)sc2c1CCCC2. The highest BCUT2D eigenvalue weighted by atomic mass is 32.1. The third kappa shape index (κ3) is 4.38. The van der Waals surface area contributed by atoms with E-state index in [4.69, 9.17) is 17.0 Å². The van der Waals surface area contributed by atoms with Gasteiger partial charge in [0.15, 0.2) is 5.11 Å². The highest BCUT2D eigenvalue weighted by molar-refractivity contribution is 7.80. The van der Waals surface area contributed by atoms with E-state index in [0.29, 0.717) is 17.3 Å². The molecule has 3 rings (SSSR count). The van der Waals surface area contributed by atoms with Crippen LogP contribution in [0.25, 0.3) is 0 Å². The Morgan fingerprint density at radius 3 is 2.82 bits per heavy atom. The fourth-order valence-electron chi connectivity index (χ4n) is 3.61. The van der Waals surface area contributed by atoms with Gasteiger partial charge in [0.25, 0.3) is 0 Å². The monoisotopic (exact) mass is 420 g/mol. The lowest BCUT2D eigenvalue weighted by molar-refractivity contribution is 0.0526. The summed E-state index contributed by atoms with van der Waals surface area (Å²) in [5, 5.41) is 12.4. The number of thiocarbonyl (C=S) groups is 1. The molecule has 0 bridgehead atoms. The number of anilines is 1. The second kappa shape index (κ2) is 9.05. The van der Waals surface area contributed by atoms with E-state index in [2.05, 4.69) is 29.6 Å². The Balaban J connectivity index is 1.77. The van der Waals surface area contributed by atoms with Gasteiger partial charge in [-0.1, -0.05) is 0 Å². The lowest BCUT2D eigenvalue weighted by atomic mass is 9.95. The molecule has 2 heterocycles. The number of nitrogens with zero attached hydrogens (tertiary/aromatic N) is 2. The van der Waals surface area contributed by atoms with Crippen LogP contribution in [0.4, 0.5) is 5.00 Å². The van der Waals surface area contributed by atoms with Crippen molar-refractivity contribution in [3.63, 3.8) is 0 Å². The van der Waals surface area contributed by atoms with Crippen molar-refractivity contribution >= 4 is 39.6 Å². The first-order valence-electron chi connectivity index (χ1n) is 9.87. The quantitative estimate of drug-likeness (QED) is 0.534. The van der Waals surface area contributed by atoms with Crippen LogP contribution in [0.3, 0.4) is 0 Å². The molecule has 28 heavy (non-hydrogen) atoms. The maximum absolute atomic E-state index is 12.6. The number of hydrogen-bond acceptors (Lipinski definition) is 5. The molecule has 1 atom stereocenters. The van der Waals surface area contributed by atoms with Crippen LogP contribution in [0.5, 0.6) is 0 Å². The minimum Gasteiger partial charge on any atom is -0.462 e. The van der Waals surface area contributed by atoms with Crippen molar-refractivity contribution in [3.8, 4) is 0 Å². The Morgan fingerprint density at radius 1 is 1.39 bits per heavy atom. The Labute approximate surface area is 175 Å². The summed E-state index contributed by atoms with van der Waals surface area (Å²) in [4.78, 5) is 13.8. The first-order valence-corrected chi connectivity index (χ1v) is 11.1. The summed E-state index contributed by atoms with van der Waals surface area (Å²) in [5.74, 6) is -0.264. The van der Waals surface area contributed by atoms with Crippen LogP contribution in [0.1, 0.15) is 71.7 Å². The van der Waals surface area contributed by atoms with Crippen molar-refractivity contribution in [2.45, 2.75) is 66.0 Å². The zero-order chi connectivity index (χ0) is 20.3. The smallest absolute Gasteiger partial charge is 0.341 e. The van der Waals surface area contributed by atoms with Gasteiger partial charge in [0.2, 0.25) is 0 Å². The molecule has 0 amide bonds. The van der Waals surface area contributed by atoms with Crippen LogP contribution in [0.15, 0.2) is 6.20 Å². The van der Waals surface area contributed by atoms with Crippen LogP contribution >= 0.6 is 23.6 Å². The predicted molar refractivity (Wildman–Crippen MR) is 117 cm³/mol. The van der Waals surface area contributed by atoms with E-state index in [-0.39, 0.29) is 12.0 Å². The second-order valence-electron chi connectivity index (χ2n) is 6.98. The van der Waals surface area contributed by atoms with E-state index in [0.717, 1.165) is 54.0 Å². The van der Waals surface area contributed by atoms with Crippen molar-refractivity contribution in [2.75, 3.05) is 11.9 Å². The van der Waals surface area contributed by atoms with Crippen LogP contribution in [0, 0.1) is 6.92 Å². The summed E-state index contributed by atoms with van der Waals surface area (Å²) < 4.78 is 7.23. The maximum atomic E-state index is 12.6. The number of esters is 1. The van der Waals surface area contributed by atoms with Gasteiger partial charge in [-0.25, -0.2) is 4.79 Å². The molecule has 2 aromatic rings. The Bertz CT molecular complexity index is 872. The third-order valence-electron chi connectivity index (χ3n) is 5.00. The maximum Gasteiger partial charge on any atom is 0.341 e. The van der Waals surface area contributed by atoms with E-state index in [1.807, 2.05) is 24.7 Å². The number of aryl methyl sites for hydroxylation is 3. The molecule has 6 nitrogen and oxygen atoms in total. The van der Waals surface area contributed by atoms with E-state index in [1.54, 1.807) is 11.3 Å². The molecule has 0 fully saturated rings. The van der Waals surface area contributed by atoms with Crippen LogP contribution in [-0.4, -0.2) is 27.5 Å². The number of hydrogen-bond donors (Lipinski definition) is 2. The number of nitrogens with one attached hydrogen (secondary N) is 2. The summed E-state index contributed by atoms with van der Waals surface area (Å²) in [6, 6.07) is 0.0148. The van der Waals surface area contributed by atoms with Crippen LogP contribution in [-0.2, 0) is 24.1 Å². The Morgan fingerprint density at radius 2 is 2.14 bits per heavy atom. The van der Waals surface area contributed by atoms with Gasteiger partial charge in [-0.3, -0.25) is 4.68 Å². The normalized spacial score (nSPS) is 14.3. The van der Waals surface area contributed by atoms with Crippen molar-refractivity contribution in [1.82, 2.24) is 15.1 Å². The first-order chi connectivity index (χ1) is 13.4. The number of carbonyl (C=O) groups is 1. The molecule has 8 heteroatoms. The van der Waals surface area contributed by atoms with Gasteiger partial charge in [-0.15, -0.1) is 11.3 Å². The minimum absolute atomic E-state index is 0.0148. The highest BCUT2D eigenvalue weighted by Crippen LogP contribution is 2.38. The molecule has 1 aliphatic rings. The first kappa shape index (κ1) is 20.8. The van der Waals surface area contributed by atoms with Crippen molar-refractivity contribution in [1.29, 1.82) is 0 Å². The standard InChI is InChI=1S/C20H28N4O2S2/c1-5-24-11-15(13(4)23-24)12(3)21-20(27)22-18-17(19(25)26-6-2)14-9-7-8-10-16(14)28-18/h11-12H,5-10H2,1-4H3,(H2,21,22,27). The Kier molecular flexibility index (Phi) is 6.72. The molecular formula is C20H28N4O2S2. The molecule has 2 aromatic heterocycles. The number of aromatic nitrogens is 2. The van der Waals surface area contributed by atoms with E-state index in [9.17, 15) is 4.79 Å². The largest absolute Gasteiger partial charge is 0.462 e. The molecule has 0 aromatic carbocycles. The molecule has 0 aliphatic heterocycles. The van der Waals surface area contributed by atoms with E-state index < -0.39 is 0 Å². The molecule has 1 unspecified atom stereocenters. The highest BCUT2D eigenvalue weighted by Gasteiger charge is 2.27. The van der Waals surface area contributed by atoms with Crippen molar-refractivity contribution < 1.29 is 9.53 Å². The number of ether oxygens (including phenoxy) is 1. The number of carbonyl (C=O) groups excluding carboxylic acids is 1. The van der Waals surface area contributed by atoms with E-state index >= 15 is 0 Å². The summed E-state index contributed by atoms with van der Waals surface area (Å²) in [5.41, 5.74) is 3.90. The topological polar surface area (TPSA) is 68.2 Å². The third-order valence-corrected chi connectivity index (χ3v) is 6.43. The van der Waals surface area contributed by atoms with Gasteiger partial charge in [0.05, 0.1) is 23.9 Å². The fraction of sp³-hybridized carbons (Fsp3) is 0.550. The molecule has 0 spiro atoms. The number of thiophene rings is 1. The fourth-order valence-corrected chi connectivity index (χ4v) is 5.23. The van der Waals surface area contributed by atoms with E-state index in [1.165, 1.54) is 4.88 Å². The van der Waals surface area contributed by atoms with Gasteiger partial charge in [0.1, 0.15) is 5.00 Å². The zero-order valence-electron chi connectivity index (χ0n) is 16.9. The average molecular weight is 421 g/mol. The number of fused-ring (bicyclic) bond motifs is 1. The Hall–Kier alpha value is -1.93. The van der Waals surface area contributed by atoms with Crippen molar-refractivity contribution in [2.24, 2.45) is 0 Å². The van der Waals surface area contributed by atoms with Crippen molar-refractivity contribution in [3.05, 3.63) is 33.5 Å². The van der Waals surface area contributed by atoms with Crippen LogP contribution in [0.2, 0.25) is 0 Å². The summed E-state index contributed by atoms with van der Waals surface area (Å²) in [7, 11) is 0. The lowest BCUT2D eigenvalue weighted by Gasteiger charge is -2.17. The molecule has 0 saturated carbocycles. The molecule has 1 aliphatic carbocycles. The van der Waals surface area contributed by atoms with Crippen LogP contribution < -0.4 is 10.6 Å². The van der Waals surface area contributed by atoms with Gasteiger partial charge in [-0.2, -0.15) is 5.10 Å². The predicted octanol–water partition coefficient (Wildman–Crippen LogP) is 4.38. The zero-order valence-corrected chi connectivity index (χ0v) is 18.6. The number of rotatable bonds is 6. The van der Waals surface area contributed by atoms with Gasteiger partial charge >= 0.3 is 5.97 Å². The average Bonchev–Trinajstić information content (AvgIpc) is 3.21. The molecular weight excluding hydrogens is 392 g/mol. The molecule has 152 valence electrons. The summed E-state index contributed by atoms with van der Waals surface area (Å²) >= 11 is 7.17.